The number of hydrogen-bond donors (Lipinski definition) is 12. The lowest BCUT2D eigenvalue weighted by Gasteiger charge is -2.32. The Balaban J connectivity index is -0.00000126. The number of carbonyl (C=O) groups is 15. The average Bonchev–Trinajstić information content (AvgIpc) is 3.40. The summed E-state index contributed by atoms with van der Waals surface area (Å²) in [5.41, 5.74) is 0.394. The second kappa shape index (κ2) is 51.1. The van der Waals surface area contributed by atoms with Gasteiger partial charge in [-0.05, 0) is 51.3 Å². The number of hydroxylamine groups is 2. The molecule has 3 unspecified atom stereocenters. The van der Waals surface area contributed by atoms with Gasteiger partial charge in [0, 0.05) is 103 Å². The third-order valence-electron chi connectivity index (χ3n) is 11.8. The molecule has 5 amide bonds. The number of aldehydes is 3. The van der Waals surface area contributed by atoms with E-state index in [2.05, 4.69) is 31.4 Å². The van der Waals surface area contributed by atoms with E-state index in [1.54, 1.807) is 35.6 Å². The Hall–Kier alpha value is -8.37. The molecule has 1 fully saturated rings. The van der Waals surface area contributed by atoms with Gasteiger partial charge >= 0.3 is 35.8 Å². The van der Waals surface area contributed by atoms with Gasteiger partial charge in [0.2, 0.25) is 23.6 Å². The number of hydrogen-bond acceptors (Lipinski definition) is 21. The molecule has 33 heteroatoms. The average molecular weight is 1230 g/mol. The number of carboxylic acid groups (broad SMARTS) is 7. The van der Waals surface area contributed by atoms with Crippen LogP contribution in [0.25, 0.3) is 0 Å². The van der Waals surface area contributed by atoms with Crippen LogP contribution in [0.1, 0.15) is 98.8 Å². The quantitative estimate of drug-likeness (QED) is 0.0199. The molecule has 12 N–H and O–H groups in total. The predicted molar refractivity (Wildman–Crippen MR) is 304 cm³/mol. The minimum absolute atomic E-state index is 0.0429. The molecule has 0 bridgehead atoms. The zero-order chi connectivity index (χ0) is 66.0. The molecule has 1 aromatic carbocycles. The van der Waals surface area contributed by atoms with Gasteiger partial charge in [-0.15, -0.1) is 0 Å². The largest absolute Gasteiger partial charge is 0.483 e. The van der Waals surface area contributed by atoms with Crippen LogP contribution in [-0.2, 0) is 67.2 Å². The Morgan fingerprint density at radius 1 is 0.616 bits per heavy atom. The van der Waals surface area contributed by atoms with Crippen molar-refractivity contribution >= 4 is 90.7 Å². The highest BCUT2D eigenvalue weighted by atomic mass is 16.7. The van der Waals surface area contributed by atoms with Crippen LogP contribution < -0.4 is 26.6 Å². The molecule has 3 atom stereocenters. The third kappa shape index (κ3) is 44.2. The molecule has 0 radical (unpaired) electrons. The van der Waals surface area contributed by atoms with Gasteiger partial charge in [0.05, 0.1) is 39.8 Å². The van der Waals surface area contributed by atoms with Crippen molar-refractivity contribution in [1.29, 1.82) is 0 Å². The van der Waals surface area contributed by atoms with Crippen LogP contribution in [-0.4, -0.2) is 282 Å². The van der Waals surface area contributed by atoms with Gasteiger partial charge in [0.25, 0.3) is 12.4 Å². The van der Waals surface area contributed by atoms with Gasteiger partial charge in [-0.25, -0.2) is 5.06 Å². The SMILES string of the molecule is CCC(=O)O.CCCC(NC(=O)C(CCC(=O)O)NC(=O)c1cccc(C=O)c1)C(=O)NCC=O.CNC(CCCCNC(=O)CN1CCN(CC(=O)O)CCN(CC(=O)O)CCN(CC(=O)O)CC1)C(=O)O.CON(C)C(=O)CCC=O.O=CO. The molecule has 33 nitrogen and oxygen atoms in total. The highest BCUT2D eigenvalue weighted by Gasteiger charge is 2.28. The Bertz CT molecular complexity index is 2250. The number of benzene rings is 1. The molecule has 0 aliphatic carbocycles. The first kappa shape index (κ1) is 81.8. The molecule has 1 saturated heterocycles. The zero-order valence-corrected chi connectivity index (χ0v) is 49.2. The number of likely N-dealkylation sites (N-methyl/N-ethyl adjacent to an activating group) is 1. The van der Waals surface area contributed by atoms with Crippen molar-refractivity contribution in [3.8, 4) is 0 Å². The van der Waals surface area contributed by atoms with Gasteiger partial charge in [-0.3, -0.25) is 86.8 Å². The van der Waals surface area contributed by atoms with Crippen LogP contribution in [0.5, 0.6) is 0 Å². The lowest BCUT2D eigenvalue weighted by molar-refractivity contribution is -0.168. The maximum atomic E-state index is 12.7. The Labute approximate surface area is 497 Å². The summed E-state index contributed by atoms with van der Waals surface area (Å²) < 4.78 is 0. The number of nitrogens with zero attached hydrogens (tertiary/aromatic N) is 5. The fourth-order valence-electron chi connectivity index (χ4n) is 7.20. The van der Waals surface area contributed by atoms with E-state index in [-0.39, 0.29) is 101 Å². The summed E-state index contributed by atoms with van der Waals surface area (Å²) in [6.45, 7) is 5.30. The van der Waals surface area contributed by atoms with Crippen molar-refractivity contribution < 1.29 is 113 Å². The Morgan fingerprint density at radius 2 is 1.10 bits per heavy atom. The number of carbonyl (C=O) groups excluding carboxylic acids is 8. The molecule has 86 heavy (non-hydrogen) atoms. The topological polar surface area (TPSA) is 483 Å². The number of carboxylic acids is 6. The van der Waals surface area contributed by atoms with Crippen LogP contribution in [0.4, 0.5) is 0 Å². The van der Waals surface area contributed by atoms with Crippen molar-refractivity contribution in [2.45, 2.75) is 96.2 Å². The first-order valence-corrected chi connectivity index (χ1v) is 27.1. The van der Waals surface area contributed by atoms with E-state index in [1.807, 2.05) is 4.90 Å². The first-order valence-electron chi connectivity index (χ1n) is 27.1. The molecule has 2 rings (SSSR count). The lowest BCUT2D eigenvalue weighted by Crippen LogP contribution is -2.54. The van der Waals surface area contributed by atoms with Crippen molar-refractivity contribution in [2.24, 2.45) is 0 Å². The van der Waals surface area contributed by atoms with Crippen LogP contribution in [0.15, 0.2) is 24.3 Å². The van der Waals surface area contributed by atoms with Crippen molar-refractivity contribution in [3.63, 3.8) is 0 Å². The minimum Gasteiger partial charge on any atom is -0.483 e. The van der Waals surface area contributed by atoms with Crippen LogP contribution in [0.2, 0.25) is 0 Å². The van der Waals surface area contributed by atoms with Crippen LogP contribution >= 0.6 is 0 Å². The minimum atomic E-state index is -1.22. The van der Waals surface area contributed by atoms with Gasteiger partial charge in [0.15, 0.2) is 0 Å². The van der Waals surface area contributed by atoms with E-state index >= 15 is 0 Å². The standard InChI is InChI=1S/C23H42N6O9.C20H25N3O7.C6H11NO3.C3H6O2.CH2O2/c1-24-18(23(37)38)4-2-3-5-25-19(30)14-26-6-8-27(15-20(31)32)10-12-29(17-22(35)36)13-11-28(9-7-26)16-21(33)34;1-2-4-15(19(29)21-9-10-24)23-20(30)16(7-8-17(26)27)22-18(28)14-6-3-5-13(11-14)12-25;1-7(10-2)6(9)4-3-5-8;1-2-3(4)5;2-1-3/h18,24H,2-17H2,1H3,(H,25,30)(H,31,32)(H,33,34)(H,35,36)(H,37,38);3,5-6,10-12,15-16H,2,4,7-9H2,1H3,(H,21,29)(H,22,28)(H,23,30)(H,26,27);5H,3-4H2,1-2H3;2H2,1H3,(H,4,5);1H,(H,2,3). The summed E-state index contributed by atoms with van der Waals surface area (Å²) in [6.07, 6.45) is 4.42. The van der Waals surface area contributed by atoms with E-state index < -0.39 is 71.7 Å². The van der Waals surface area contributed by atoms with E-state index in [4.69, 9.17) is 25.2 Å². The van der Waals surface area contributed by atoms with Gasteiger partial charge in [0.1, 0.15) is 37.0 Å². The summed E-state index contributed by atoms with van der Waals surface area (Å²) in [7, 11) is 4.49. The smallest absolute Gasteiger partial charge is 0.320 e. The van der Waals surface area contributed by atoms with Gasteiger partial charge in [-0.2, -0.15) is 0 Å². The zero-order valence-electron chi connectivity index (χ0n) is 49.2. The summed E-state index contributed by atoms with van der Waals surface area (Å²) in [4.78, 5) is 177. The molecule has 1 aromatic rings. The molecule has 1 heterocycles. The molecular weight excluding hydrogens is 1140 g/mol. The van der Waals surface area contributed by atoms with Crippen molar-refractivity contribution in [2.75, 3.05) is 113 Å². The van der Waals surface area contributed by atoms with Crippen molar-refractivity contribution in [1.82, 2.24) is 51.2 Å². The predicted octanol–water partition coefficient (Wildman–Crippen LogP) is -2.35. The molecule has 486 valence electrons. The second-order valence-corrected chi connectivity index (χ2v) is 18.4. The lowest BCUT2D eigenvalue weighted by atomic mass is 10.1. The van der Waals surface area contributed by atoms with E-state index in [1.165, 1.54) is 38.4 Å². The second-order valence-electron chi connectivity index (χ2n) is 18.4. The summed E-state index contributed by atoms with van der Waals surface area (Å²) in [6, 6.07) is 3.00. The highest BCUT2D eigenvalue weighted by Crippen LogP contribution is 2.08. The monoisotopic (exact) mass is 1230 g/mol. The maximum Gasteiger partial charge on any atom is 0.320 e. The molecule has 0 aromatic heterocycles. The summed E-state index contributed by atoms with van der Waals surface area (Å²) >= 11 is 0. The molecular formula is C53H86N10O23. The van der Waals surface area contributed by atoms with Gasteiger partial charge < -0.3 is 71.9 Å². The van der Waals surface area contributed by atoms with Crippen molar-refractivity contribution in [3.05, 3.63) is 35.4 Å². The van der Waals surface area contributed by atoms with E-state index in [0.29, 0.717) is 103 Å². The van der Waals surface area contributed by atoms with Crippen LogP contribution in [0.3, 0.4) is 0 Å². The number of aliphatic carboxylic acids is 6. The number of nitrogens with one attached hydrogen (secondary N) is 5. The normalized spacial score (nSPS) is 13.9. The highest BCUT2D eigenvalue weighted by molar-refractivity contribution is 5.99. The molecule has 1 aliphatic rings. The third-order valence-corrected chi connectivity index (χ3v) is 11.8. The molecule has 0 spiro atoms. The van der Waals surface area contributed by atoms with E-state index in [9.17, 15) is 82.4 Å². The summed E-state index contributed by atoms with van der Waals surface area (Å²) in [5.74, 6) is -8.23. The van der Waals surface area contributed by atoms with E-state index in [0.717, 1.165) is 5.06 Å². The Kier molecular flexibility index (Phi) is 48.6. The van der Waals surface area contributed by atoms with Crippen LogP contribution in [0, 0.1) is 0 Å². The first-order chi connectivity index (χ1) is 40.7. The molecule has 0 saturated carbocycles. The van der Waals surface area contributed by atoms with Gasteiger partial charge in [-0.1, -0.05) is 32.4 Å². The number of unbranched alkanes of at least 4 members (excludes halogenated alkanes) is 1. The molecule has 1 aliphatic heterocycles. The Morgan fingerprint density at radius 3 is 1.50 bits per heavy atom. The summed E-state index contributed by atoms with van der Waals surface area (Å²) in [5, 5.41) is 74.4. The fraction of sp³-hybridized carbons (Fsp3) is 0.604. The number of rotatable bonds is 33. The fourth-order valence-corrected chi connectivity index (χ4v) is 7.20. The maximum absolute atomic E-state index is 12.7. The number of amides is 5.